The molecule has 1 saturated heterocycles. The van der Waals surface area contributed by atoms with E-state index in [-0.39, 0.29) is 17.7 Å². The number of carbonyl (C=O) groups excluding carboxylic acids is 1. The highest BCUT2D eigenvalue weighted by Crippen LogP contribution is 2.26. The second-order valence-electron chi connectivity index (χ2n) is 6.70. The van der Waals surface area contributed by atoms with E-state index in [9.17, 15) is 4.79 Å². The van der Waals surface area contributed by atoms with Crippen molar-refractivity contribution in [2.45, 2.75) is 57.9 Å². The quantitative estimate of drug-likeness (QED) is 0.813. The highest BCUT2D eigenvalue weighted by molar-refractivity contribution is 5.76. The summed E-state index contributed by atoms with van der Waals surface area (Å²) in [5.41, 5.74) is 0. The molecule has 0 unspecified atom stereocenters. The summed E-state index contributed by atoms with van der Waals surface area (Å²) in [6.07, 6.45) is 7.03. The molecule has 1 atom stereocenters. The number of hydrogen-bond donors (Lipinski definition) is 0. The Balaban J connectivity index is 1.51. The van der Waals surface area contributed by atoms with Crippen LogP contribution >= 0.6 is 0 Å². The lowest BCUT2D eigenvalue weighted by Gasteiger charge is -2.31. The predicted octanol–water partition coefficient (Wildman–Crippen LogP) is 2.58. The van der Waals surface area contributed by atoms with E-state index in [1.54, 1.807) is 6.20 Å². The van der Waals surface area contributed by atoms with Crippen molar-refractivity contribution < 1.29 is 9.32 Å². The molecule has 1 aliphatic rings. The summed E-state index contributed by atoms with van der Waals surface area (Å²) in [4.78, 5) is 18.9. The Kier molecular flexibility index (Phi) is 5.27. The summed E-state index contributed by atoms with van der Waals surface area (Å²) in [5.74, 6) is 2.04. The van der Waals surface area contributed by atoms with Crippen LogP contribution in [-0.4, -0.2) is 43.8 Å². The van der Waals surface area contributed by atoms with Gasteiger partial charge in [-0.2, -0.15) is 10.1 Å². The van der Waals surface area contributed by atoms with Crippen molar-refractivity contribution in [2.75, 3.05) is 13.1 Å². The SMILES string of the molecule is CC(C)c1nc([C@@H]2CCCN(C(=O)CCCn3cccn3)C2)no1. The lowest BCUT2D eigenvalue weighted by atomic mass is 9.97. The number of amides is 1. The van der Waals surface area contributed by atoms with Crippen LogP contribution in [0.25, 0.3) is 0 Å². The Bertz CT molecular complexity index is 650. The van der Waals surface area contributed by atoms with E-state index >= 15 is 0 Å². The zero-order valence-electron chi connectivity index (χ0n) is 14.4. The Morgan fingerprint density at radius 3 is 3.04 bits per heavy atom. The Labute approximate surface area is 142 Å². The van der Waals surface area contributed by atoms with E-state index in [0.717, 1.165) is 38.2 Å². The maximum atomic E-state index is 12.4. The molecule has 0 bridgehead atoms. The van der Waals surface area contributed by atoms with Gasteiger partial charge in [-0.25, -0.2) is 0 Å². The number of nitrogens with zero attached hydrogens (tertiary/aromatic N) is 5. The zero-order valence-corrected chi connectivity index (χ0v) is 14.4. The Morgan fingerprint density at radius 2 is 2.33 bits per heavy atom. The summed E-state index contributed by atoms with van der Waals surface area (Å²) in [6, 6.07) is 1.90. The Hall–Kier alpha value is -2.18. The fourth-order valence-electron chi connectivity index (χ4n) is 3.05. The van der Waals surface area contributed by atoms with Crippen molar-refractivity contribution >= 4 is 5.91 Å². The van der Waals surface area contributed by atoms with Crippen LogP contribution in [0.5, 0.6) is 0 Å². The average Bonchev–Trinajstić information content (AvgIpc) is 3.26. The maximum Gasteiger partial charge on any atom is 0.229 e. The lowest BCUT2D eigenvalue weighted by Crippen LogP contribution is -2.39. The molecule has 0 aromatic carbocycles. The van der Waals surface area contributed by atoms with Gasteiger partial charge in [-0.05, 0) is 25.3 Å². The fourth-order valence-corrected chi connectivity index (χ4v) is 3.05. The molecule has 7 heteroatoms. The molecule has 0 spiro atoms. The van der Waals surface area contributed by atoms with E-state index in [1.165, 1.54) is 0 Å². The first kappa shape index (κ1) is 16.7. The van der Waals surface area contributed by atoms with Gasteiger partial charge in [0.15, 0.2) is 5.82 Å². The van der Waals surface area contributed by atoms with Crippen LogP contribution < -0.4 is 0 Å². The van der Waals surface area contributed by atoms with Crippen molar-refractivity contribution in [1.82, 2.24) is 24.8 Å². The van der Waals surface area contributed by atoms with Crippen molar-refractivity contribution in [3.8, 4) is 0 Å². The molecule has 0 N–H and O–H groups in total. The van der Waals surface area contributed by atoms with Crippen LogP contribution in [0.2, 0.25) is 0 Å². The number of hydrogen-bond acceptors (Lipinski definition) is 5. The average molecular weight is 331 g/mol. The smallest absolute Gasteiger partial charge is 0.229 e. The number of carbonyl (C=O) groups is 1. The topological polar surface area (TPSA) is 77.1 Å². The van der Waals surface area contributed by atoms with Gasteiger partial charge >= 0.3 is 0 Å². The lowest BCUT2D eigenvalue weighted by molar-refractivity contribution is -0.132. The zero-order chi connectivity index (χ0) is 16.9. The highest BCUT2D eigenvalue weighted by atomic mass is 16.5. The monoisotopic (exact) mass is 331 g/mol. The number of aromatic nitrogens is 4. The fraction of sp³-hybridized carbons (Fsp3) is 0.647. The van der Waals surface area contributed by atoms with Crippen molar-refractivity contribution in [1.29, 1.82) is 0 Å². The molecule has 0 aliphatic carbocycles. The van der Waals surface area contributed by atoms with Gasteiger partial charge in [-0.3, -0.25) is 9.48 Å². The van der Waals surface area contributed by atoms with Crippen LogP contribution in [0.15, 0.2) is 23.0 Å². The summed E-state index contributed by atoms with van der Waals surface area (Å²) >= 11 is 0. The van der Waals surface area contributed by atoms with Gasteiger partial charge in [0.25, 0.3) is 0 Å². The minimum absolute atomic E-state index is 0.185. The first-order valence-corrected chi connectivity index (χ1v) is 8.72. The standard InChI is InChI=1S/C17H25N5O2/c1-13(2)17-19-16(20-24-17)14-6-3-9-21(12-14)15(23)7-4-10-22-11-5-8-18-22/h5,8,11,13-14H,3-4,6-7,9-10,12H2,1-2H3/t14-/m1/s1. The molecule has 0 radical (unpaired) electrons. The van der Waals surface area contributed by atoms with E-state index < -0.39 is 0 Å². The van der Waals surface area contributed by atoms with Crippen LogP contribution in [0.1, 0.15) is 63.1 Å². The van der Waals surface area contributed by atoms with Crippen molar-refractivity contribution in [3.63, 3.8) is 0 Å². The van der Waals surface area contributed by atoms with Crippen LogP contribution in [0, 0.1) is 0 Å². The first-order chi connectivity index (χ1) is 11.6. The maximum absolute atomic E-state index is 12.4. The van der Waals surface area contributed by atoms with Crippen LogP contribution in [0.3, 0.4) is 0 Å². The molecule has 0 saturated carbocycles. The third kappa shape index (κ3) is 4.01. The highest BCUT2D eigenvalue weighted by Gasteiger charge is 2.28. The Morgan fingerprint density at radius 1 is 1.46 bits per heavy atom. The first-order valence-electron chi connectivity index (χ1n) is 8.72. The summed E-state index contributed by atoms with van der Waals surface area (Å²) in [6.45, 7) is 6.36. The molecular weight excluding hydrogens is 306 g/mol. The van der Waals surface area contributed by atoms with E-state index in [0.29, 0.717) is 18.9 Å². The summed E-state index contributed by atoms with van der Waals surface area (Å²) < 4.78 is 7.17. The van der Waals surface area contributed by atoms with Gasteiger partial charge in [0.1, 0.15) is 0 Å². The number of piperidine rings is 1. The summed E-state index contributed by atoms with van der Waals surface area (Å²) in [7, 11) is 0. The summed E-state index contributed by atoms with van der Waals surface area (Å²) in [5, 5.41) is 8.27. The molecule has 1 amide bonds. The molecule has 24 heavy (non-hydrogen) atoms. The largest absolute Gasteiger partial charge is 0.342 e. The van der Waals surface area contributed by atoms with Gasteiger partial charge < -0.3 is 9.42 Å². The third-order valence-electron chi connectivity index (χ3n) is 4.43. The molecule has 2 aromatic heterocycles. The van der Waals surface area contributed by atoms with Crippen molar-refractivity contribution in [3.05, 3.63) is 30.2 Å². The predicted molar refractivity (Wildman–Crippen MR) is 88.4 cm³/mol. The third-order valence-corrected chi connectivity index (χ3v) is 4.43. The second kappa shape index (κ2) is 7.59. The molecule has 7 nitrogen and oxygen atoms in total. The van der Waals surface area contributed by atoms with Crippen LogP contribution in [-0.2, 0) is 11.3 Å². The van der Waals surface area contributed by atoms with E-state index in [2.05, 4.69) is 15.2 Å². The van der Waals surface area contributed by atoms with Gasteiger partial charge in [0.05, 0.1) is 0 Å². The van der Waals surface area contributed by atoms with Gasteiger partial charge in [-0.1, -0.05) is 19.0 Å². The molecule has 3 rings (SSSR count). The minimum Gasteiger partial charge on any atom is -0.342 e. The van der Waals surface area contributed by atoms with Crippen molar-refractivity contribution in [2.24, 2.45) is 0 Å². The molecule has 1 fully saturated rings. The normalized spacial score (nSPS) is 18.3. The molecule has 130 valence electrons. The van der Waals surface area contributed by atoms with E-state index in [1.807, 2.05) is 35.7 Å². The molecule has 3 heterocycles. The van der Waals surface area contributed by atoms with Gasteiger partial charge in [0, 0.05) is 50.3 Å². The molecule has 1 aliphatic heterocycles. The minimum atomic E-state index is 0.185. The molecular formula is C17H25N5O2. The second-order valence-corrected chi connectivity index (χ2v) is 6.70. The number of aryl methyl sites for hydroxylation is 1. The molecule has 2 aromatic rings. The number of likely N-dealkylation sites (tertiary alicyclic amines) is 1. The number of rotatable bonds is 6. The van der Waals surface area contributed by atoms with Gasteiger partial charge in [0.2, 0.25) is 11.8 Å². The van der Waals surface area contributed by atoms with E-state index in [4.69, 9.17) is 4.52 Å². The van der Waals surface area contributed by atoms with Gasteiger partial charge in [-0.15, -0.1) is 0 Å². The van der Waals surface area contributed by atoms with Crippen LogP contribution in [0.4, 0.5) is 0 Å².